The number of rotatable bonds is 5. The molecule has 3 rings (SSSR count). The van der Waals surface area contributed by atoms with Gasteiger partial charge < -0.3 is 4.90 Å². The quantitative estimate of drug-likeness (QED) is 0.800. The summed E-state index contributed by atoms with van der Waals surface area (Å²) in [4.78, 5) is 5.30. The minimum Gasteiger partial charge on any atom is -0.302 e. The molecule has 0 aromatic heterocycles. The van der Waals surface area contributed by atoms with Gasteiger partial charge in [0.2, 0.25) is 0 Å². The molecule has 2 fully saturated rings. The first kappa shape index (κ1) is 13.1. The van der Waals surface area contributed by atoms with Crippen molar-refractivity contribution in [3.8, 4) is 0 Å². The Kier molecular flexibility index (Phi) is 4.19. The lowest BCUT2D eigenvalue weighted by Gasteiger charge is -2.36. The van der Waals surface area contributed by atoms with E-state index in [4.69, 9.17) is 0 Å². The second-order valence-corrected chi connectivity index (χ2v) is 6.28. The van der Waals surface area contributed by atoms with Crippen molar-refractivity contribution >= 4 is 0 Å². The van der Waals surface area contributed by atoms with Gasteiger partial charge in [0.25, 0.3) is 0 Å². The van der Waals surface area contributed by atoms with Crippen LogP contribution in [-0.2, 0) is 6.54 Å². The van der Waals surface area contributed by atoms with Crippen LogP contribution in [0, 0.1) is 0 Å². The van der Waals surface area contributed by atoms with Gasteiger partial charge in [0.15, 0.2) is 0 Å². The third-order valence-electron chi connectivity index (χ3n) is 4.66. The molecule has 0 bridgehead atoms. The normalized spacial score (nSPS) is 24.8. The Morgan fingerprint density at radius 1 is 1.11 bits per heavy atom. The number of nitrogens with zero attached hydrogens (tertiary/aromatic N) is 2. The molecule has 1 aromatic rings. The third-order valence-corrected chi connectivity index (χ3v) is 4.66. The molecule has 1 saturated heterocycles. The first-order valence-corrected chi connectivity index (χ1v) is 7.81. The molecule has 0 amide bonds. The van der Waals surface area contributed by atoms with Gasteiger partial charge in [-0.15, -0.1) is 0 Å². The molecule has 2 aliphatic rings. The minimum absolute atomic E-state index is 0.776. The summed E-state index contributed by atoms with van der Waals surface area (Å²) in [7, 11) is 2.30. The Balaban J connectivity index is 1.61. The summed E-state index contributed by atoms with van der Waals surface area (Å²) in [5.74, 6) is 0. The fraction of sp³-hybridized carbons (Fsp3) is 0.647. The van der Waals surface area contributed by atoms with Crippen molar-refractivity contribution in [1.29, 1.82) is 0 Å². The number of benzene rings is 1. The monoisotopic (exact) mass is 258 g/mol. The Morgan fingerprint density at radius 2 is 1.89 bits per heavy atom. The molecule has 1 aliphatic heterocycles. The van der Waals surface area contributed by atoms with Crippen molar-refractivity contribution in [3.05, 3.63) is 35.9 Å². The summed E-state index contributed by atoms with van der Waals surface area (Å²) < 4.78 is 0. The molecule has 1 aliphatic carbocycles. The number of piperidine rings is 1. The highest BCUT2D eigenvalue weighted by Gasteiger charge is 2.31. The van der Waals surface area contributed by atoms with Crippen LogP contribution in [0.4, 0.5) is 0 Å². The highest BCUT2D eigenvalue weighted by atomic mass is 15.2. The number of likely N-dealkylation sites (tertiary alicyclic amines) is 1. The van der Waals surface area contributed by atoms with Gasteiger partial charge in [0.05, 0.1) is 0 Å². The lowest BCUT2D eigenvalue weighted by Crippen LogP contribution is -2.45. The van der Waals surface area contributed by atoms with Crippen LogP contribution in [0.15, 0.2) is 30.3 Å². The number of hydrogen-bond donors (Lipinski definition) is 0. The average molecular weight is 258 g/mol. The van der Waals surface area contributed by atoms with E-state index in [1.165, 1.54) is 50.8 Å². The molecule has 1 aromatic carbocycles. The van der Waals surface area contributed by atoms with Gasteiger partial charge >= 0.3 is 0 Å². The molecule has 104 valence electrons. The maximum absolute atomic E-state index is 2.72. The van der Waals surface area contributed by atoms with Gasteiger partial charge in [-0.1, -0.05) is 36.8 Å². The van der Waals surface area contributed by atoms with Crippen molar-refractivity contribution in [3.63, 3.8) is 0 Å². The van der Waals surface area contributed by atoms with Crippen LogP contribution < -0.4 is 0 Å². The molecular weight excluding hydrogens is 232 g/mol. The molecule has 2 nitrogen and oxygen atoms in total. The summed E-state index contributed by atoms with van der Waals surface area (Å²) in [6.07, 6.45) is 7.00. The topological polar surface area (TPSA) is 6.48 Å². The van der Waals surface area contributed by atoms with Crippen molar-refractivity contribution in [2.45, 2.75) is 50.7 Å². The highest BCUT2D eigenvalue weighted by molar-refractivity contribution is 5.15. The van der Waals surface area contributed by atoms with E-state index in [1.807, 2.05) is 0 Å². The Labute approximate surface area is 117 Å². The fourth-order valence-corrected chi connectivity index (χ4v) is 3.25. The van der Waals surface area contributed by atoms with E-state index in [-0.39, 0.29) is 0 Å². The first-order chi connectivity index (χ1) is 9.33. The van der Waals surface area contributed by atoms with E-state index in [0.717, 1.165) is 18.6 Å². The van der Waals surface area contributed by atoms with E-state index < -0.39 is 0 Å². The van der Waals surface area contributed by atoms with E-state index in [9.17, 15) is 0 Å². The average Bonchev–Trinajstić information content (AvgIpc) is 3.26. The number of hydrogen-bond acceptors (Lipinski definition) is 2. The molecule has 1 heterocycles. The van der Waals surface area contributed by atoms with Crippen LogP contribution in [0.1, 0.15) is 37.7 Å². The summed E-state index contributed by atoms with van der Waals surface area (Å²) in [5.41, 5.74) is 1.47. The largest absolute Gasteiger partial charge is 0.302 e. The maximum atomic E-state index is 2.72. The fourth-order valence-electron chi connectivity index (χ4n) is 3.25. The van der Waals surface area contributed by atoms with Gasteiger partial charge in [-0.2, -0.15) is 0 Å². The van der Waals surface area contributed by atoms with Gasteiger partial charge in [0.1, 0.15) is 0 Å². The molecule has 2 heteroatoms. The minimum atomic E-state index is 0.776. The lowest BCUT2D eigenvalue weighted by molar-refractivity contribution is 0.120. The van der Waals surface area contributed by atoms with Crippen molar-refractivity contribution in [2.75, 3.05) is 20.1 Å². The molecule has 1 unspecified atom stereocenters. The van der Waals surface area contributed by atoms with Crippen molar-refractivity contribution in [2.24, 2.45) is 0 Å². The van der Waals surface area contributed by atoms with E-state index in [1.54, 1.807) is 0 Å². The van der Waals surface area contributed by atoms with Gasteiger partial charge in [-0.25, -0.2) is 0 Å². The lowest BCUT2D eigenvalue weighted by atomic mass is 10.0. The standard InChI is InChI=1S/C17H26N2/c1-18-12-6-5-9-17(18)14-19(16-10-11-16)13-15-7-3-2-4-8-15/h2-4,7-8,16-17H,5-6,9-14H2,1H3. The zero-order valence-electron chi connectivity index (χ0n) is 12.1. The van der Waals surface area contributed by atoms with Crippen LogP contribution in [0.3, 0.4) is 0 Å². The maximum Gasteiger partial charge on any atom is 0.0237 e. The molecule has 0 N–H and O–H groups in total. The molecule has 0 spiro atoms. The zero-order valence-corrected chi connectivity index (χ0v) is 12.1. The molecular formula is C17H26N2. The summed E-state index contributed by atoms with van der Waals surface area (Å²) in [6, 6.07) is 12.6. The zero-order chi connectivity index (χ0) is 13.1. The van der Waals surface area contributed by atoms with Crippen LogP contribution in [0.25, 0.3) is 0 Å². The summed E-state index contributed by atoms with van der Waals surface area (Å²) in [5, 5.41) is 0. The van der Waals surface area contributed by atoms with Gasteiger partial charge in [0, 0.05) is 25.2 Å². The second kappa shape index (κ2) is 6.06. The van der Waals surface area contributed by atoms with Crippen LogP contribution in [0.5, 0.6) is 0 Å². The summed E-state index contributed by atoms with van der Waals surface area (Å²) >= 11 is 0. The van der Waals surface area contributed by atoms with E-state index in [2.05, 4.69) is 47.2 Å². The Morgan fingerprint density at radius 3 is 2.58 bits per heavy atom. The highest BCUT2D eigenvalue weighted by Crippen LogP contribution is 2.30. The summed E-state index contributed by atoms with van der Waals surface area (Å²) in [6.45, 7) is 3.68. The van der Waals surface area contributed by atoms with Gasteiger partial charge in [-0.05, 0) is 44.8 Å². The molecule has 19 heavy (non-hydrogen) atoms. The Bertz CT molecular complexity index is 386. The van der Waals surface area contributed by atoms with Crippen LogP contribution >= 0.6 is 0 Å². The first-order valence-electron chi connectivity index (χ1n) is 7.81. The van der Waals surface area contributed by atoms with E-state index >= 15 is 0 Å². The SMILES string of the molecule is CN1CCCCC1CN(Cc1ccccc1)C1CC1. The predicted octanol–water partition coefficient (Wildman–Crippen LogP) is 3.14. The smallest absolute Gasteiger partial charge is 0.0237 e. The second-order valence-electron chi connectivity index (χ2n) is 6.28. The van der Waals surface area contributed by atoms with Crippen LogP contribution in [0.2, 0.25) is 0 Å². The van der Waals surface area contributed by atoms with Crippen molar-refractivity contribution < 1.29 is 0 Å². The predicted molar refractivity (Wildman–Crippen MR) is 80.1 cm³/mol. The molecule has 1 atom stereocenters. The molecule has 1 saturated carbocycles. The van der Waals surface area contributed by atoms with Gasteiger partial charge in [-0.3, -0.25) is 4.90 Å². The van der Waals surface area contributed by atoms with Crippen LogP contribution in [-0.4, -0.2) is 42.0 Å². The Hall–Kier alpha value is -0.860. The third kappa shape index (κ3) is 3.58. The number of likely N-dealkylation sites (N-methyl/N-ethyl adjacent to an activating group) is 1. The van der Waals surface area contributed by atoms with E-state index in [0.29, 0.717) is 0 Å². The molecule has 0 radical (unpaired) electrons. The van der Waals surface area contributed by atoms with Crippen molar-refractivity contribution in [1.82, 2.24) is 9.80 Å².